The van der Waals surface area contributed by atoms with E-state index in [2.05, 4.69) is 37.6 Å². The van der Waals surface area contributed by atoms with Crippen LogP contribution >= 0.6 is 0 Å². The van der Waals surface area contributed by atoms with Gasteiger partial charge in [-0.05, 0) is 37.8 Å². The SMILES string of the molecule is Cc1nc(C(=O)N2CCC(c3ccccc3)C2)nc(NCCc2cn[nH]c2)c1C. The van der Waals surface area contributed by atoms with Crippen LogP contribution in [0.4, 0.5) is 5.82 Å². The Hall–Kier alpha value is -3.22. The summed E-state index contributed by atoms with van der Waals surface area (Å²) < 4.78 is 0. The smallest absolute Gasteiger partial charge is 0.291 e. The lowest BCUT2D eigenvalue weighted by atomic mass is 9.99. The van der Waals surface area contributed by atoms with Crippen molar-refractivity contribution in [3.63, 3.8) is 0 Å². The predicted octanol–water partition coefficient (Wildman–Crippen LogP) is 3.10. The van der Waals surface area contributed by atoms with Gasteiger partial charge >= 0.3 is 0 Å². The highest BCUT2D eigenvalue weighted by Crippen LogP contribution is 2.28. The van der Waals surface area contributed by atoms with Crippen molar-refractivity contribution in [2.75, 3.05) is 25.0 Å². The summed E-state index contributed by atoms with van der Waals surface area (Å²) in [7, 11) is 0. The van der Waals surface area contributed by atoms with Crippen LogP contribution in [0.2, 0.25) is 0 Å². The molecule has 1 unspecified atom stereocenters. The first kappa shape index (κ1) is 19.1. The van der Waals surface area contributed by atoms with Gasteiger partial charge in [0.1, 0.15) is 5.82 Å². The van der Waals surface area contributed by atoms with Gasteiger partial charge in [0.15, 0.2) is 0 Å². The third-order valence-corrected chi connectivity index (χ3v) is 5.59. The summed E-state index contributed by atoms with van der Waals surface area (Å²) in [6, 6.07) is 10.4. The third-order valence-electron chi connectivity index (χ3n) is 5.59. The average molecular weight is 390 g/mol. The summed E-state index contributed by atoms with van der Waals surface area (Å²) in [5.74, 6) is 1.28. The summed E-state index contributed by atoms with van der Waals surface area (Å²) in [6.45, 7) is 6.06. The standard InChI is InChI=1S/C22H26N6O/c1-15-16(2)26-21(27-20(15)23-10-8-17-12-24-25-13-17)22(29)28-11-9-19(14-28)18-6-4-3-5-7-18/h3-7,12-13,19H,8-11,14H2,1-2H3,(H,24,25)(H,23,26,27). The maximum Gasteiger partial charge on any atom is 0.291 e. The Labute approximate surface area is 170 Å². The van der Waals surface area contributed by atoms with Crippen LogP contribution in [0.3, 0.4) is 0 Å². The molecule has 1 aromatic carbocycles. The molecular formula is C22H26N6O. The van der Waals surface area contributed by atoms with Crippen LogP contribution < -0.4 is 5.32 Å². The summed E-state index contributed by atoms with van der Waals surface area (Å²) in [4.78, 5) is 24.0. The normalized spacial score (nSPS) is 16.2. The van der Waals surface area contributed by atoms with Crippen LogP contribution in [-0.2, 0) is 6.42 Å². The number of amides is 1. The van der Waals surface area contributed by atoms with Gasteiger partial charge in [-0.25, -0.2) is 9.97 Å². The van der Waals surface area contributed by atoms with E-state index in [-0.39, 0.29) is 11.7 Å². The predicted molar refractivity (Wildman–Crippen MR) is 112 cm³/mol. The molecular weight excluding hydrogens is 364 g/mol. The monoisotopic (exact) mass is 390 g/mol. The minimum Gasteiger partial charge on any atom is -0.369 e. The van der Waals surface area contributed by atoms with Crippen molar-refractivity contribution in [2.45, 2.75) is 32.6 Å². The fourth-order valence-corrected chi connectivity index (χ4v) is 3.72. The number of nitrogens with zero attached hydrogens (tertiary/aromatic N) is 4. The first-order valence-electron chi connectivity index (χ1n) is 10.0. The van der Waals surface area contributed by atoms with Crippen molar-refractivity contribution in [3.8, 4) is 0 Å². The van der Waals surface area contributed by atoms with E-state index < -0.39 is 0 Å². The third kappa shape index (κ3) is 4.29. The van der Waals surface area contributed by atoms with E-state index in [1.54, 1.807) is 0 Å². The number of likely N-dealkylation sites (tertiary alicyclic amines) is 1. The van der Waals surface area contributed by atoms with Gasteiger partial charge in [-0.3, -0.25) is 9.89 Å². The lowest BCUT2D eigenvalue weighted by Gasteiger charge is -2.18. The Morgan fingerprint density at radius 3 is 2.83 bits per heavy atom. The zero-order valence-corrected chi connectivity index (χ0v) is 16.9. The number of H-pyrrole nitrogens is 1. The molecule has 1 atom stereocenters. The molecule has 1 amide bonds. The highest BCUT2D eigenvalue weighted by molar-refractivity contribution is 5.91. The molecule has 0 spiro atoms. The lowest BCUT2D eigenvalue weighted by molar-refractivity contribution is 0.0778. The molecule has 1 aliphatic rings. The average Bonchev–Trinajstić information content (AvgIpc) is 3.43. The van der Waals surface area contributed by atoms with Gasteiger partial charge < -0.3 is 10.2 Å². The number of aromatic nitrogens is 4. The Morgan fingerprint density at radius 1 is 1.24 bits per heavy atom. The molecule has 29 heavy (non-hydrogen) atoms. The molecule has 7 heteroatoms. The number of aryl methyl sites for hydroxylation is 1. The molecule has 3 aromatic rings. The van der Waals surface area contributed by atoms with Crippen molar-refractivity contribution < 1.29 is 4.79 Å². The van der Waals surface area contributed by atoms with E-state index in [1.807, 2.05) is 49.3 Å². The molecule has 0 bridgehead atoms. The fraction of sp³-hybridized carbons (Fsp3) is 0.364. The van der Waals surface area contributed by atoms with Crippen molar-refractivity contribution in [2.24, 2.45) is 0 Å². The van der Waals surface area contributed by atoms with Gasteiger partial charge in [-0.2, -0.15) is 5.10 Å². The zero-order chi connectivity index (χ0) is 20.2. The van der Waals surface area contributed by atoms with Crippen LogP contribution in [0.1, 0.15) is 45.3 Å². The Balaban J connectivity index is 1.45. The topological polar surface area (TPSA) is 86.8 Å². The van der Waals surface area contributed by atoms with Crippen molar-refractivity contribution >= 4 is 11.7 Å². The van der Waals surface area contributed by atoms with Crippen LogP contribution in [0.5, 0.6) is 0 Å². The Morgan fingerprint density at radius 2 is 2.07 bits per heavy atom. The van der Waals surface area contributed by atoms with E-state index >= 15 is 0 Å². The van der Waals surface area contributed by atoms with Crippen LogP contribution in [0, 0.1) is 13.8 Å². The molecule has 2 N–H and O–H groups in total. The van der Waals surface area contributed by atoms with Gasteiger partial charge in [0.2, 0.25) is 5.82 Å². The number of anilines is 1. The number of aromatic amines is 1. The molecule has 0 radical (unpaired) electrons. The van der Waals surface area contributed by atoms with Gasteiger partial charge in [0, 0.05) is 43.0 Å². The second kappa shape index (κ2) is 8.43. The summed E-state index contributed by atoms with van der Waals surface area (Å²) in [5, 5.41) is 10.1. The number of carbonyl (C=O) groups is 1. The van der Waals surface area contributed by atoms with Crippen LogP contribution in [0.15, 0.2) is 42.7 Å². The first-order valence-corrected chi connectivity index (χ1v) is 10.0. The van der Waals surface area contributed by atoms with Gasteiger partial charge in [0.05, 0.1) is 6.20 Å². The van der Waals surface area contributed by atoms with E-state index in [0.717, 1.165) is 42.0 Å². The molecule has 7 nitrogen and oxygen atoms in total. The molecule has 1 aliphatic heterocycles. The minimum absolute atomic E-state index is 0.0931. The number of hydrogen-bond acceptors (Lipinski definition) is 5. The maximum atomic E-state index is 13.1. The first-order chi connectivity index (χ1) is 14.1. The molecule has 150 valence electrons. The second-order valence-electron chi connectivity index (χ2n) is 7.54. The maximum absolute atomic E-state index is 13.1. The highest BCUT2D eigenvalue weighted by atomic mass is 16.2. The zero-order valence-electron chi connectivity index (χ0n) is 16.9. The number of hydrogen-bond donors (Lipinski definition) is 2. The molecule has 0 aliphatic carbocycles. The second-order valence-corrected chi connectivity index (χ2v) is 7.54. The molecule has 0 saturated carbocycles. The minimum atomic E-state index is -0.0931. The molecule has 1 saturated heterocycles. The van der Waals surface area contributed by atoms with E-state index in [4.69, 9.17) is 0 Å². The number of carbonyl (C=O) groups excluding carboxylic acids is 1. The highest BCUT2D eigenvalue weighted by Gasteiger charge is 2.29. The van der Waals surface area contributed by atoms with Gasteiger partial charge in [-0.1, -0.05) is 30.3 Å². The summed E-state index contributed by atoms with van der Waals surface area (Å²) >= 11 is 0. The van der Waals surface area contributed by atoms with E-state index in [1.165, 1.54) is 5.56 Å². The molecule has 4 rings (SSSR count). The van der Waals surface area contributed by atoms with E-state index in [9.17, 15) is 4.79 Å². The van der Waals surface area contributed by atoms with E-state index in [0.29, 0.717) is 19.0 Å². The van der Waals surface area contributed by atoms with Crippen molar-refractivity contribution in [3.05, 3.63) is 70.9 Å². The Kier molecular flexibility index (Phi) is 5.55. The van der Waals surface area contributed by atoms with Crippen LogP contribution in [-0.4, -0.2) is 50.6 Å². The van der Waals surface area contributed by atoms with Crippen molar-refractivity contribution in [1.29, 1.82) is 0 Å². The number of rotatable bonds is 6. The number of nitrogens with one attached hydrogen (secondary N) is 2. The largest absolute Gasteiger partial charge is 0.369 e. The Bertz CT molecular complexity index is 970. The molecule has 2 aromatic heterocycles. The summed E-state index contributed by atoms with van der Waals surface area (Å²) in [6.07, 6.45) is 5.49. The lowest BCUT2D eigenvalue weighted by Crippen LogP contribution is -2.30. The fourth-order valence-electron chi connectivity index (χ4n) is 3.72. The number of benzene rings is 1. The van der Waals surface area contributed by atoms with Crippen LogP contribution in [0.25, 0.3) is 0 Å². The van der Waals surface area contributed by atoms with Gasteiger partial charge in [-0.15, -0.1) is 0 Å². The molecule has 1 fully saturated rings. The summed E-state index contributed by atoms with van der Waals surface area (Å²) in [5.41, 5.74) is 4.21. The van der Waals surface area contributed by atoms with Gasteiger partial charge in [0.25, 0.3) is 5.91 Å². The van der Waals surface area contributed by atoms with Crippen molar-refractivity contribution in [1.82, 2.24) is 25.1 Å². The molecule has 3 heterocycles. The quantitative estimate of drug-likeness (QED) is 0.675.